The van der Waals surface area contributed by atoms with Crippen molar-refractivity contribution in [1.29, 1.82) is 0 Å². The van der Waals surface area contributed by atoms with Crippen molar-refractivity contribution < 1.29 is 9.59 Å². The molecule has 5 nitrogen and oxygen atoms in total. The molecule has 2 rings (SSSR count). The van der Waals surface area contributed by atoms with Gasteiger partial charge in [0, 0.05) is 12.2 Å². The fraction of sp³-hybridized carbons (Fsp3) is 0.263. The normalized spacial score (nSPS) is 10.1. The first-order chi connectivity index (χ1) is 11.5. The molecule has 0 saturated heterocycles. The highest BCUT2D eigenvalue weighted by atomic mass is 16.2. The van der Waals surface area contributed by atoms with Crippen molar-refractivity contribution in [3.63, 3.8) is 0 Å². The van der Waals surface area contributed by atoms with E-state index in [4.69, 9.17) is 0 Å². The Kier molecular flexibility index (Phi) is 5.95. The van der Waals surface area contributed by atoms with Gasteiger partial charge in [0.05, 0.1) is 6.54 Å². The lowest BCUT2D eigenvalue weighted by Gasteiger charge is -2.13. The Hall–Kier alpha value is -2.82. The van der Waals surface area contributed by atoms with Gasteiger partial charge in [0.2, 0.25) is 5.91 Å². The Morgan fingerprint density at radius 2 is 1.54 bits per heavy atom. The van der Waals surface area contributed by atoms with Crippen molar-refractivity contribution in [2.75, 3.05) is 11.9 Å². The lowest BCUT2D eigenvalue weighted by molar-refractivity contribution is -0.115. The molecule has 0 aliphatic rings. The molecule has 3 amide bonds. The van der Waals surface area contributed by atoms with Gasteiger partial charge in [0.25, 0.3) is 0 Å². The number of carbonyl (C=O) groups excluding carboxylic acids is 2. The Balaban J connectivity index is 1.80. The maximum Gasteiger partial charge on any atom is 0.315 e. The van der Waals surface area contributed by atoms with Crippen LogP contribution in [0.1, 0.15) is 22.3 Å². The summed E-state index contributed by atoms with van der Waals surface area (Å²) in [5, 5.41) is 8.13. The number of anilines is 1. The van der Waals surface area contributed by atoms with Gasteiger partial charge in [0.1, 0.15) is 0 Å². The van der Waals surface area contributed by atoms with Gasteiger partial charge in [-0.05, 0) is 37.5 Å². The molecule has 0 heterocycles. The standard InChI is InChI=1S/C19H23N3O2/c1-13-9-14(2)18(15(3)10-13)22-17(23)12-21-19(24)20-11-16-7-5-4-6-8-16/h4-10H,11-12H2,1-3H3,(H,22,23)(H2,20,21,24). The predicted molar refractivity (Wildman–Crippen MR) is 96.0 cm³/mol. The number of amides is 3. The molecule has 0 spiro atoms. The molecule has 5 heteroatoms. The van der Waals surface area contributed by atoms with E-state index in [0.29, 0.717) is 6.54 Å². The summed E-state index contributed by atoms with van der Waals surface area (Å²) in [6.45, 7) is 6.27. The van der Waals surface area contributed by atoms with Crippen LogP contribution in [-0.4, -0.2) is 18.5 Å². The molecule has 0 aliphatic carbocycles. The highest BCUT2D eigenvalue weighted by Crippen LogP contribution is 2.21. The number of urea groups is 1. The highest BCUT2D eigenvalue weighted by molar-refractivity contribution is 5.95. The Bertz CT molecular complexity index is 704. The zero-order chi connectivity index (χ0) is 17.5. The van der Waals surface area contributed by atoms with Gasteiger partial charge in [-0.2, -0.15) is 0 Å². The summed E-state index contributed by atoms with van der Waals surface area (Å²) in [4.78, 5) is 23.8. The summed E-state index contributed by atoms with van der Waals surface area (Å²) in [7, 11) is 0. The first kappa shape index (κ1) is 17.5. The van der Waals surface area contributed by atoms with E-state index in [1.165, 1.54) is 0 Å². The van der Waals surface area contributed by atoms with Gasteiger partial charge in [-0.1, -0.05) is 48.0 Å². The van der Waals surface area contributed by atoms with Crippen LogP contribution in [0.25, 0.3) is 0 Å². The summed E-state index contributed by atoms with van der Waals surface area (Å²) in [5.41, 5.74) is 4.98. The van der Waals surface area contributed by atoms with Crippen molar-refractivity contribution in [3.8, 4) is 0 Å². The van der Waals surface area contributed by atoms with Gasteiger partial charge in [-0.15, -0.1) is 0 Å². The Morgan fingerprint density at radius 1 is 0.917 bits per heavy atom. The average molecular weight is 325 g/mol. The lowest BCUT2D eigenvalue weighted by Crippen LogP contribution is -2.39. The van der Waals surface area contributed by atoms with Gasteiger partial charge < -0.3 is 16.0 Å². The maximum atomic E-state index is 12.0. The van der Waals surface area contributed by atoms with Crippen molar-refractivity contribution >= 4 is 17.6 Å². The van der Waals surface area contributed by atoms with E-state index in [2.05, 4.69) is 16.0 Å². The van der Waals surface area contributed by atoms with Crippen molar-refractivity contribution in [1.82, 2.24) is 10.6 Å². The molecule has 0 fully saturated rings. The first-order valence-corrected chi connectivity index (χ1v) is 7.89. The van der Waals surface area contributed by atoms with E-state index in [1.54, 1.807) is 0 Å². The number of hydrogen-bond donors (Lipinski definition) is 3. The van der Waals surface area contributed by atoms with Gasteiger partial charge in [-0.3, -0.25) is 4.79 Å². The molecule has 0 radical (unpaired) electrons. The molecule has 0 atom stereocenters. The Labute approximate surface area is 142 Å². The van der Waals surface area contributed by atoms with E-state index in [9.17, 15) is 9.59 Å². The minimum atomic E-state index is -0.369. The fourth-order valence-corrected chi connectivity index (χ4v) is 2.56. The number of aryl methyl sites for hydroxylation is 3. The second kappa shape index (κ2) is 8.15. The molecule has 0 aliphatic heterocycles. The third-order valence-electron chi connectivity index (χ3n) is 3.65. The van der Waals surface area contributed by atoms with E-state index >= 15 is 0 Å². The number of hydrogen-bond acceptors (Lipinski definition) is 2. The van der Waals surface area contributed by atoms with Crippen LogP contribution in [0.2, 0.25) is 0 Å². The molecule has 0 aromatic heterocycles. The zero-order valence-electron chi connectivity index (χ0n) is 14.3. The van der Waals surface area contributed by atoms with Gasteiger partial charge in [-0.25, -0.2) is 4.79 Å². The molecular weight excluding hydrogens is 302 g/mol. The Morgan fingerprint density at radius 3 is 2.17 bits per heavy atom. The third-order valence-corrected chi connectivity index (χ3v) is 3.65. The van der Waals surface area contributed by atoms with Crippen molar-refractivity contribution in [2.24, 2.45) is 0 Å². The van der Waals surface area contributed by atoms with Gasteiger partial charge >= 0.3 is 6.03 Å². The largest absolute Gasteiger partial charge is 0.334 e. The van der Waals surface area contributed by atoms with Crippen LogP contribution in [-0.2, 0) is 11.3 Å². The topological polar surface area (TPSA) is 70.2 Å². The smallest absolute Gasteiger partial charge is 0.315 e. The van der Waals surface area contributed by atoms with Crippen LogP contribution in [0.15, 0.2) is 42.5 Å². The molecule has 0 unspecified atom stereocenters. The number of nitrogens with one attached hydrogen (secondary N) is 3. The lowest BCUT2D eigenvalue weighted by atomic mass is 10.1. The van der Waals surface area contributed by atoms with Crippen LogP contribution >= 0.6 is 0 Å². The van der Waals surface area contributed by atoms with Crippen molar-refractivity contribution in [2.45, 2.75) is 27.3 Å². The van der Waals surface area contributed by atoms with E-state index in [0.717, 1.165) is 27.9 Å². The third kappa shape index (κ3) is 5.12. The summed E-state index contributed by atoms with van der Waals surface area (Å²) < 4.78 is 0. The number of benzene rings is 2. The number of rotatable bonds is 5. The summed E-state index contributed by atoms with van der Waals surface area (Å²) >= 11 is 0. The molecular formula is C19H23N3O2. The van der Waals surface area contributed by atoms with Gasteiger partial charge in [0.15, 0.2) is 0 Å². The second-order valence-electron chi connectivity index (χ2n) is 5.84. The summed E-state index contributed by atoms with van der Waals surface area (Å²) in [6, 6.07) is 13.3. The predicted octanol–water partition coefficient (Wildman–Crippen LogP) is 3.05. The molecule has 0 bridgehead atoms. The molecule has 2 aromatic rings. The number of carbonyl (C=O) groups is 2. The highest BCUT2D eigenvalue weighted by Gasteiger charge is 2.09. The fourth-order valence-electron chi connectivity index (χ4n) is 2.56. The maximum absolute atomic E-state index is 12.0. The van der Waals surface area contributed by atoms with Crippen LogP contribution in [0.3, 0.4) is 0 Å². The molecule has 24 heavy (non-hydrogen) atoms. The first-order valence-electron chi connectivity index (χ1n) is 7.89. The monoisotopic (exact) mass is 325 g/mol. The van der Waals surface area contributed by atoms with E-state index in [1.807, 2.05) is 63.2 Å². The van der Waals surface area contributed by atoms with Crippen molar-refractivity contribution in [3.05, 3.63) is 64.7 Å². The SMILES string of the molecule is Cc1cc(C)c(NC(=O)CNC(=O)NCc2ccccc2)c(C)c1. The van der Waals surface area contributed by atoms with E-state index in [-0.39, 0.29) is 18.5 Å². The molecule has 126 valence electrons. The van der Waals surface area contributed by atoms with Crippen LogP contribution < -0.4 is 16.0 Å². The summed E-state index contributed by atoms with van der Waals surface area (Å²) in [6.07, 6.45) is 0. The average Bonchev–Trinajstić information content (AvgIpc) is 2.55. The summed E-state index contributed by atoms with van der Waals surface area (Å²) in [5.74, 6) is -0.250. The molecule has 0 saturated carbocycles. The molecule has 2 aromatic carbocycles. The quantitative estimate of drug-likeness (QED) is 0.791. The zero-order valence-corrected chi connectivity index (χ0v) is 14.3. The molecule has 3 N–H and O–H groups in total. The van der Waals surface area contributed by atoms with E-state index < -0.39 is 0 Å². The second-order valence-corrected chi connectivity index (χ2v) is 5.84. The van der Waals surface area contributed by atoms with Crippen LogP contribution in [0.5, 0.6) is 0 Å². The van der Waals surface area contributed by atoms with Crippen LogP contribution in [0.4, 0.5) is 10.5 Å². The minimum Gasteiger partial charge on any atom is -0.334 e. The van der Waals surface area contributed by atoms with Crippen LogP contribution in [0, 0.1) is 20.8 Å². The minimum absolute atomic E-state index is 0.0760.